The van der Waals surface area contributed by atoms with Gasteiger partial charge in [-0.1, -0.05) is 12.1 Å². The van der Waals surface area contributed by atoms with Gasteiger partial charge in [0.25, 0.3) is 5.69 Å². The van der Waals surface area contributed by atoms with Gasteiger partial charge in [0, 0.05) is 24.2 Å². The normalized spacial score (nSPS) is 28.8. The molecule has 0 saturated carbocycles. The van der Waals surface area contributed by atoms with Crippen LogP contribution in [0, 0.1) is 17.0 Å². The molecule has 0 spiro atoms. The van der Waals surface area contributed by atoms with Crippen LogP contribution in [0.15, 0.2) is 18.2 Å². The summed E-state index contributed by atoms with van der Waals surface area (Å²) in [7, 11) is 0. The highest BCUT2D eigenvalue weighted by molar-refractivity contribution is 5.42. The fourth-order valence-electron chi connectivity index (χ4n) is 3.06. The van der Waals surface area contributed by atoms with Crippen LogP contribution in [0.25, 0.3) is 0 Å². The van der Waals surface area contributed by atoms with Crippen molar-refractivity contribution < 1.29 is 9.66 Å². The number of benzene rings is 1. The van der Waals surface area contributed by atoms with E-state index in [0.29, 0.717) is 30.4 Å². The molecule has 2 aliphatic heterocycles. The van der Waals surface area contributed by atoms with Gasteiger partial charge in [-0.15, -0.1) is 0 Å². The fraction of sp³-hybridized carbons (Fsp3) is 0.571. The highest BCUT2D eigenvalue weighted by Gasteiger charge is 2.40. The van der Waals surface area contributed by atoms with E-state index in [1.54, 1.807) is 13.0 Å². The topological polar surface area (TPSA) is 64.4 Å². The first-order chi connectivity index (χ1) is 9.13. The Bertz CT molecular complexity index is 503. The molecule has 0 amide bonds. The minimum atomic E-state index is -0.320. The lowest BCUT2D eigenvalue weighted by Crippen LogP contribution is -2.36. The molecule has 2 fully saturated rings. The largest absolute Gasteiger partial charge is 0.373 e. The van der Waals surface area contributed by atoms with E-state index in [0.717, 1.165) is 18.4 Å². The van der Waals surface area contributed by atoms with Gasteiger partial charge in [0.2, 0.25) is 0 Å². The highest BCUT2D eigenvalue weighted by atomic mass is 16.6. The van der Waals surface area contributed by atoms with Gasteiger partial charge in [-0.3, -0.25) is 10.1 Å². The number of nitrogens with one attached hydrogen (secondary N) is 1. The number of nitro benzene ring substituents is 1. The van der Waals surface area contributed by atoms with Crippen LogP contribution in [0.1, 0.15) is 30.4 Å². The predicted molar refractivity (Wildman–Crippen MR) is 71.0 cm³/mol. The number of hydrogen-bond acceptors (Lipinski definition) is 4. The summed E-state index contributed by atoms with van der Waals surface area (Å²) in [6.07, 6.45) is 4.15. The molecule has 0 radical (unpaired) electrons. The van der Waals surface area contributed by atoms with Crippen molar-refractivity contribution in [1.82, 2.24) is 5.32 Å². The van der Waals surface area contributed by atoms with Crippen molar-refractivity contribution in [3.05, 3.63) is 39.4 Å². The van der Waals surface area contributed by atoms with Crippen LogP contribution in [0.5, 0.6) is 0 Å². The molecule has 2 aliphatic rings. The van der Waals surface area contributed by atoms with E-state index in [4.69, 9.17) is 4.74 Å². The van der Waals surface area contributed by atoms with Gasteiger partial charge >= 0.3 is 0 Å². The Morgan fingerprint density at radius 3 is 2.95 bits per heavy atom. The Morgan fingerprint density at radius 1 is 1.47 bits per heavy atom. The molecule has 2 saturated heterocycles. The minimum Gasteiger partial charge on any atom is -0.373 e. The van der Waals surface area contributed by atoms with Gasteiger partial charge in [0.15, 0.2) is 0 Å². The molecular weight excluding hydrogens is 244 g/mol. The van der Waals surface area contributed by atoms with Gasteiger partial charge < -0.3 is 10.1 Å². The Kier molecular flexibility index (Phi) is 3.24. The van der Waals surface area contributed by atoms with Gasteiger partial charge in [-0.25, -0.2) is 0 Å². The van der Waals surface area contributed by atoms with Crippen molar-refractivity contribution in [2.75, 3.05) is 0 Å². The lowest BCUT2D eigenvalue weighted by molar-refractivity contribution is -0.385. The van der Waals surface area contributed by atoms with Crippen LogP contribution in [0.3, 0.4) is 0 Å². The van der Waals surface area contributed by atoms with Crippen LogP contribution in [0.2, 0.25) is 0 Å². The molecule has 2 heterocycles. The summed E-state index contributed by atoms with van der Waals surface area (Å²) in [5, 5.41) is 14.4. The van der Waals surface area contributed by atoms with Crippen LogP contribution in [0.4, 0.5) is 5.69 Å². The van der Waals surface area contributed by atoms with Crippen molar-refractivity contribution in [3.8, 4) is 0 Å². The second-order valence-corrected chi connectivity index (χ2v) is 5.47. The first-order valence-electron chi connectivity index (χ1n) is 6.76. The SMILES string of the molecule is Cc1ccc(CNC2CC3CCC2O3)cc1[N+](=O)[O-]. The second kappa shape index (κ2) is 4.90. The van der Waals surface area contributed by atoms with Crippen LogP contribution in [-0.4, -0.2) is 23.2 Å². The van der Waals surface area contributed by atoms with Gasteiger partial charge in [-0.2, -0.15) is 0 Å². The molecule has 3 unspecified atom stereocenters. The average molecular weight is 262 g/mol. The zero-order valence-electron chi connectivity index (χ0n) is 11.0. The molecule has 0 aliphatic carbocycles. The zero-order chi connectivity index (χ0) is 13.4. The molecule has 2 bridgehead atoms. The Morgan fingerprint density at radius 2 is 2.32 bits per heavy atom. The van der Waals surface area contributed by atoms with E-state index >= 15 is 0 Å². The molecule has 3 rings (SSSR count). The van der Waals surface area contributed by atoms with E-state index in [-0.39, 0.29) is 10.6 Å². The van der Waals surface area contributed by atoms with E-state index in [1.807, 2.05) is 12.1 Å². The average Bonchev–Trinajstić information content (AvgIpc) is 2.99. The van der Waals surface area contributed by atoms with Gasteiger partial charge in [-0.05, 0) is 31.7 Å². The molecule has 5 heteroatoms. The van der Waals surface area contributed by atoms with Crippen LogP contribution < -0.4 is 5.32 Å². The van der Waals surface area contributed by atoms with E-state index in [2.05, 4.69) is 5.32 Å². The molecule has 19 heavy (non-hydrogen) atoms. The Hall–Kier alpha value is -1.46. The Balaban J connectivity index is 1.64. The number of hydrogen-bond donors (Lipinski definition) is 1. The summed E-state index contributed by atoms with van der Waals surface area (Å²) in [5.41, 5.74) is 1.86. The third kappa shape index (κ3) is 2.48. The number of nitrogens with zero attached hydrogens (tertiary/aromatic N) is 1. The third-order valence-corrected chi connectivity index (χ3v) is 4.14. The number of ether oxygens (including phenoxy) is 1. The number of rotatable bonds is 4. The maximum absolute atomic E-state index is 10.9. The van der Waals surface area contributed by atoms with Crippen molar-refractivity contribution in [2.45, 2.75) is 51.0 Å². The summed E-state index contributed by atoms with van der Waals surface area (Å²) in [6, 6.07) is 5.82. The maximum atomic E-state index is 10.9. The van der Waals surface area contributed by atoms with Gasteiger partial charge in [0.1, 0.15) is 0 Å². The van der Waals surface area contributed by atoms with Crippen molar-refractivity contribution in [3.63, 3.8) is 0 Å². The molecule has 1 aromatic carbocycles. The lowest BCUT2D eigenvalue weighted by Gasteiger charge is -2.20. The maximum Gasteiger partial charge on any atom is 0.272 e. The fourth-order valence-corrected chi connectivity index (χ4v) is 3.06. The molecule has 102 valence electrons. The summed E-state index contributed by atoms with van der Waals surface area (Å²) in [6.45, 7) is 2.43. The smallest absolute Gasteiger partial charge is 0.272 e. The van der Waals surface area contributed by atoms with E-state index < -0.39 is 0 Å². The predicted octanol–water partition coefficient (Wildman–Crippen LogP) is 2.31. The van der Waals surface area contributed by atoms with Crippen LogP contribution >= 0.6 is 0 Å². The third-order valence-electron chi connectivity index (χ3n) is 4.14. The summed E-state index contributed by atoms with van der Waals surface area (Å²) in [4.78, 5) is 10.6. The minimum absolute atomic E-state index is 0.198. The number of nitro groups is 1. The van der Waals surface area contributed by atoms with E-state index in [9.17, 15) is 10.1 Å². The Labute approximate surface area is 112 Å². The second-order valence-electron chi connectivity index (χ2n) is 5.47. The zero-order valence-corrected chi connectivity index (χ0v) is 11.0. The monoisotopic (exact) mass is 262 g/mol. The first kappa shape index (κ1) is 12.6. The molecule has 3 atom stereocenters. The van der Waals surface area contributed by atoms with Crippen molar-refractivity contribution >= 4 is 5.69 Å². The van der Waals surface area contributed by atoms with Crippen LogP contribution in [-0.2, 0) is 11.3 Å². The molecular formula is C14H18N2O3. The standard InChI is InChI=1S/C14H18N2O3/c1-9-2-3-10(6-13(9)16(17)18)8-15-12-7-11-4-5-14(12)19-11/h2-3,6,11-12,14-15H,4-5,7-8H2,1H3. The molecule has 5 nitrogen and oxygen atoms in total. The number of aryl methyl sites for hydroxylation is 1. The molecule has 0 aromatic heterocycles. The molecule has 1 aromatic rings. The highest BCUT2D eigenvalue weighted by Crippen LogP contribution is 2.34. The lowest BCUT2D eigenvalue weighted by atomic mass is 9.95. The van der Waals surface area contributed by atoms with Crippen molar-refractivity contribution in [1.29, 1.82) is 0 Å². The summed E-state index contributed by atoms with van der Waals surface area (Å²) in [5.74, 6) is 0. The summed E-state index contributed by atoms with van der Waals surface area (Å²) >= 11 is 0. The quantitative estimate of drug-likeness (QED) is 0.668. The van der Waals surface area contributed by atoms with Crippen molar-refractivity contribution in [2.24, 2.45) is 0 Å². The summed E-state index contributed by atoms with van der Waals surface area (Å²) < 4.78 is 5.78. The first-order valence-corrected chi connectivity index (χ1v) is 6.76. The number of fused-ring (bicyclic) bond motifs is 2. The molecule has 1 N–H and O–H groups in total. The van der Waals surface area contributed by atoms with E-state index in [1.165, 1.54) is 6.42 Å². The van der Waals surface area contributed by atoms with Gasteiger partial charge in [0.05, 0.1) is 17.1 Å².